The highest BCUT2D eigenvalue weighted by molar-refractivity contribution is 6.00. The molecule has 0 aliphatic rings. The third-order valence-corrected chi connectivity index (χ3v) is 24.4. The second kappa shape index (κ2) is 44.4. The van der Waals surface area contributed by atoms with Crippen molar-refractivity contribution in [1.29, 1.82) is 0 Å². The molecule has 0 radical (unpaired) electrons. The van der Waals surface area contributed by atoms with E-state index in [0.717, 1.165) is 33.0 Å². The van der Waals surface area contributed by atoms with Crippen molar-refractivity contribution in [2.24, 2.45) is 0 Å². The number of halogens is 4. The topological polar surface area (TPSA) is 357 Å². The molecule has 4 atom stereocenters. The van der Waals surface area contributed by atoms with Crippen molar-refractivity contribution < 1.29 is 31.8 Å². The standard InChI is InChI=1S/2C29H23FN6O2.C28H25FN6O2.C27H20FN7O/c1-17(34-28-25(31-3)16-33-18(2)35-28)26-12-19-7-5-10-24(20-11-23(38-4)15-32-14-20)27(19)29(37)36(26)22-9-6-8-21(30)13-22;1-17(34-28-24(31-3)16-33-18(2)35-28)25-13-20-7-5-10-23(19-11-12-32-26(14-19)38-4)27(20)29(37)36(25)22-9-6-8-21(30)15-22;1-16-13-30-18(3)34-26(16)33-17(2)24-11-19-7-5-10-23(20-14-31-28(37-4)32-15-20)25(19)27(36)35(24)22-9-6-8-21(29)12-22;1-16(33-26-23(29-3)15-30-17(2)34-26)24-12-18-6-4-9-22(19-10-11-31-32-14-19)25(18)27(36)35(24)21-8-5-7-20(28)13-21/h2*5-17H,1-2,4H3,(H,33,34,35);5-15,17H,1-4H3,(H,30,33,34);4-16H,1-2H3,(H,30,33,34)/t3*17-;16-/m0000/s1. The summed E-state index contributed by atoms with van der Waals surface area (Å²) in [5, 5.41) is 25.7. The van der Waals surface area contributed by atoms with Crippen molar-refractivity contribution in [3.05, 3.63) is 437 Å². The number of nitrogens with zero attached hydrogens (tertiary/aromatic N) is 21. The molecule has 0 fully saturated rings. The van der Waals surface area contributed by atoms with Gasteiger partial charge in [0.05, 0.1) is 128 Å². The summed E-state index contributed by atoms with van der Waals surface area (Å²) in [6.07, 6.45) is 17.4. The van der Waals surface area contributed by atoms with Crippen LogP contribution in [0, 0.1) is 77.6 Å². The number of pyridine rings is 6. The number of nitrogens with one attached hydrogen (secondary N) is 4. The van der Waals surface area contributed by atoms with E-state index in [-0.39, 0.29) is 51.4 Å². The van der Waals surface area contributed by atoms with Gasteiger partial charge in [0.2, 0.25) is 22.9 Å². The normalized spacial score (nSPS) is 11.7. The summed E-state index contributed by atoms with van der Waals surface area (Å²) in [5.74, 6) is 3.06. The van der Waals surface area contributed by atoms with Gasteiger partial charge in [-0.3, -0.25) is 57.4 Å². The lowest BCUT2D eigenvalue weighted by atomic mass is 9.98. The van der Waals surface area contributed by atoms with E-state index in [1.807, 2.05) is 151 Å². The van der Waals surface area contributed by atoms with Crippen molar-refractivity contribution in [2.75, 3.05) is 42.6 Å². The van der Waals surface area contributed by atoms with Gasteiger partial charge in [-0.15, -0.1) is 0 Å². The second-order valence-electron chi connectivity index (χ2n) is 34.3. The fraction of sp³-hybridized carbons (Fsp3) is 0.142. The summed E-state index contributed by atoms with van der Waals surface area (Å²) in [6.45, 7) is 38.9. The lowest BCUT2D eigenvalue weighted by molar-refractivity contribution is 0.380. The van der Waals surface area contributed by atoms with E-state index in [1.165, 1.54) is 95.0 Å². The molecule has 36 heteroatoms. The van der Waals surface area contributed by atoms with Gasteiger partial charge in [-0.2, -0.15) is 10.2 Å². The molecule has 0 amide bonds. The molecule has 0 saturated heterocycles. The maximum absolute atomic E-state index is 14.3. The minimum absolute atomic E-state index is 0.235. The Labute approximate surface area is 849 Å². The molecule has 738 valence electrons. The summed E-state index contributed by atoms with van der Waals surface area (Å²) >= 11 is 0. The molecule has 12 aromatic heterocycles. The van der Waals surface area contributed by atoms with Gasteiger partial charge in [-0.05, 0) is 227 Å². The molecule has 12 heterocycles. The number of benzene rings is 8. The number of ether oxygens (including phenoxy) is 3. The van der Waals surface area contributed by atoms with Gasteiger partial charge in [-0.25, -0.2) is 72.0 Å². The van der Waals surface area contributed by atoms with Crippen LogP contribution in [0.4, 0.5) is 57.9 Å². The van der Waals surface area contributed by atoms with Gasteiger partial charge in [0, 0.05) is 101 Å². The molecular formula is C113H91F4N25O7. The number of hydrogen-bond acceptors (Lipinski definition) is 25. The van der Waals surface area contributed by atoms with E-state index >= 15 is 0 Å². The number of hydrogen-bond donors (Lipinski definition) is 4. The van der Waals surface area contributed by atoms with Gasteiger partial charge in [-0.1, -0.05) is 97.1 Å². The van der Waals surface area contributed by atoms with Gasteiger partial charge < -0.3 is 35.5 Å². The van der Waals surface area contributed by atoms with Crippen LogP contribution in [0.15, 0.2) is 306 Å². The fourth-order valence-electron chi connectivity index (χ4n) is 17.4. The Balaban J connectivity index is 0.000000135. The van der Waals surface area contributed by atoms with Gasteiger partial charge in [0.1, 0.15) is 75.6 Å². The number of fused-ring (bicyclic) bond motifs is 4. The number of aromatic nitrogens is 18. The van der Waals surface area contributed by atoms with Crippen molar-refractivity contribution in [2.45, 2.75) is 86.5 Å². The first-order chi connectivity index (χ1) is 72.1. The molecule has 0 aliphatic carbocycles. The minimum Gasteiger partial charge on any atom is -0.495 e. The Morgan fingerprint density at radius 2 is 0.658 bits per heavy atom. The third-order valence-electron chi connectivity index (χ3n) is 24.4. The van der Waals surface area contributed by atoms with Crippen LogP contribution in [0.1, 0.15) is 103 Å². The zero-order chi connectivity index (χ0) is 105. The van der Waals surface area contributed by atoms with Crippen LogP contribution in [-0.4, -0.2) is 110 Å². The zero-order valence-electron chi connectivity index (χ0n) is 82.2. The average Bonchev–Trinajstić information content (AvgIpc) is 0.750. The van der Waals surface area contributed by atoms with Gasteiger partial charge >= 0.3 is 6.01 Å². The zero-order valence-corrected chi connectivity index (χ0v) is 82.2. The van der Waals surface area contributed by atoms with Crippen LogP contribution < -0.4 is 57.7 Å². The van der Waals surface area contributed by atoms with Crippen LogP contribution in [0.5, 0.6) is 17.6 Å². The smallest absolute Gasteiger partial charge is 0.316 e. The average molecular weight is 1990 g/mol. The summed E-state index contributed by atoms with van der Waals surface area (Å²) in [6, 6.07) is 59.3. The van der Waals surface area contributed by atoms with E-state index in [2.05, 4.69) is 106 Å². The first-order valence-electron chi connectivity index (χ1n) is 46.5. The lowest BCUT2D eigenvalue weighted by Gasteiger charge is -2.22. The maximum atomic E-state index is 14.3. The number of rotatable bonds is 23. The van der Waals surface area contributed by atoms with Gasteiger partial charge in [0.25, 0.3) is 22.2 Å². The molecule has 0 bridgehead atoms. The molecule has 0 saturated carbocycles. The highest BCUT2D eigenvalue weighted by atomic mass is 19.1. The monoisotopic (exact) mass is 1990 g/mol. The first-order valence-corrected chi connectivity index (χ1v) is 46.5. The largest absolute Gasteiger partial charge is 0.495 e. The van der Waals surface area contributed by atoms with E-state index in [9.17, 15) is 36.7 Å². The Hall–Kier alpha value is -19.8. The number of methoxy groups -OCH3 is 3. The molecule has 20 aromatic rings. The highest BCUT2D eigenvalue weighted by Crippen LogP contribution is 2.40. The summed E-state index contributed by atoms with van der Waals surface area (Å²) < 4.78 is 79.0. The van der Waals surface area contributed by atoms with E-state index in [4.69, 9.17) is 33.9 Å². The summed E-state index contributed by atoms with van der Waals surface area (Å²) in [7, 11) is 4.58. The molecule has 20 rings (SSSR count). The van der Waals surface area contributed by atoms with Crippen LogP contribution in [0.2, 0.25) is 0 Å². The molecule has 0 spiro atoms. The van der Waals surface area contributed by atoms with E-state index < -0.39 is 41.4 Å². The molecule has 8 aromatic carbocycles. The SMILES string of the molecule is COc1ncc(-c2cccc3cc([C@H](C)Nc4nc(C)ncc4C)n(-c4cccc(F)c4)c(=O)c23)cn1.[C-]#[N+]c1cnc(C)nc1N[C@@H](C)c1cc2cccc(-c3ccnc(OC)c3)c2c(=O)n1-c1cccc(F)c1.[C-]#[N+]c1cnc(C)nc1N[C@@H](C)c1cc2cccc(-c3ccnnc3)c2c(=O)n1-c1cccc(F)c1.[C-]#[N+]c1cnc(C)nc1N[C@@H](C)c1cc2cccc(-c3cncc(OC)c3)c2c(=O)n1-c1cccc(F)c1. The van der Waals surface area contributed by atoms with Crippen LogP contribution in [0.3, 0.4) is 0 Å². The molecule has 0 aliphatic heterocycles. The van der Waals surface area contributed by atoms with Crippen LogP contribution in [0.25, 0.3) is 125 Å². The molecule has 4 N–H and O–H groups in total. The van der Waals surface area contributed by atoms with Crippen molar-refractivity contribution in [1.82, 2.24) is 88.3 Å². The molecule has 149 heavy (non-hydrogen) atoms. The van der Waals surface area contributed by atoms with Crippen molar-refractivity contribution >= 4 is 83.4 Å². The van der Waals surface area contributed by atoms with Crippen molar-refractivity contribution in [3.8, 4) is 84.9 Å². The maximum Gasteiger partial charge on any atom is 0.316 e. The van der Waals surface area contributed by atoms with E-state index in [0.29, 0.717) is 164 Å². The van der Waals surface area contributed by atoms with Crippen LogP contribution in [-0.2, 0) is 0 Å². The fourth-order valence-corrected chi connectivity index (χ4v) is 17.4. The Morgan fingerprint density at radius 1 is 0.315 bits per heavy atom. The molecular weight excluding hydrogens is 1900 g/mol. The molecule has 0 unspecified atom stereocenters. The summed E-state index contributed by atoms with van der Waals surface area (Å²) in [5.41, 5.74) is 10.0. The van der Waals surface area contributed by atoms with Crippen molar-refractivity contribution in [3.63, 3.8) is 0 Å². The Bertz CT molecular complexity index is 8700. The highest BCUT2D eigenvalue weighted by Gasteiger charge is 2.28. The lowest BCUT2D eigenvalue weighted by Crippen LogP contribution is -2.26. The van der Waals surface area contributed by atoms with Crippen LogP contribution >= 0.6 is 0 Å². The predicted octanol–water partition coefficient (Wildman–Crippen LogP) is 22.6. The summed E-state index contributed by atoms with van der Waals surface area (Å²) in [4.78, 5) is 118. The first kappa shape index (κ1) is 101. The van der Waals surface area contributed by atoms with E-state index in [1.54, 1.807) is 143 Å². The Kier molecular flexibility index (Phi) is 30.0. The number of aryl methyl sites for hydroxylation is 5. The second-order valence-corrected chi connectivity index (χ2v) is 34.3. The number of anilines is 4. The Morgan fingerprint density at radius 3 is 1.01 bits per heavy atom. The predicted molar refractivity (Wildman–Crippen MR) is 565 cm³/mol. The van der Waals surface area contributed by atoms with Gasteiger partial charge in [0.15, 0.2) is 0 Å². The quantitative estimate of drug-likeness (QED) is 0.0341. The molecule has 32 nitrogen and oxygen atoms in total. The minimum atomic E-state index is -0.479. The third kappa shape index (κ3) is 21.8.